The number of sulfone groups is 1. The van der Waals surface area contributed by atoms with E-state index in [0.717, 1.165) is 4.88 Å². The van der Waals surface area contributed by atoms with E-state index in [-0.39, 0.29) is 4.90 Å². The summed E-state index contributed by atoms with van der Waals surface area (Å²) in [5, 5.41) is 2.47. The number of benzene rings is 1. The van der Waals surface area contributed by atoms with Crippen LogP contribution in [0.3, 0.4) is 0 Å². The number of fused-ring (bicyclic) bond motifs is 1. The number of thiophene rings is 1. The van der Waals surface area contributed by atoms with Crippen molar-refractivity contribution < 1.29 is 8.42 Å². The normalized spacial score (nSPS) is 12.1. The fourth-order valence-electron chi connectivity index (χ4n) is 1.88. The van der Waals surface area contributed by atoms with Gasteiger partial charge in [0.1, 0.15) is 11.3 Å². The van der Waals surface area contributed by atoms with Crippen LogP contribution in [0.15, 0.2) is 34.5 Å². The van der Waals surface area contributed by atoms with Crippen LogP contribution in [0, 0.1) is 0 Å². The Kier molecular flexibility index (Phi) is 2.88. The molecular formula is C12H9ClN2O2S2. The number of hydrogen-bond donors (Lipinski definition) is 1. The SMILES string of the molecule is CS(=O)(=O)c1cccc2[nH]c(-c3sccc3Cl)nc12. The number of H-pyrrole nitrogens is 1. The number of aromatic nitrogens is 2. The van der Waals surface area contributed by atoms with Crippen LogP contribution < -0.4 is 0 Å². The third-order valence-corrected chi connectivity index (χ3v) is 5.18. The van der Waals surface area contributed by atoms with Crippen LogP contribution in [-0.4, -0.2) is 24.6 Å². The summed E-state index contributed by atoms with van der Waals surface area (Å²) in [6, 6.07) is 6.82. The molecule has 7 heteroatoms. The third-order valence-electron chi connectivity index (χ3n) is 2.71. The quantitative estimate of drug-likeness (QED) is 0.789. The van der Waals surface area contributed by atoms with Crippen LogP contribution >= 0.6 is 22.9 Å². The van der Waals surface area contributed by atoms with Gasteiger partial charge in [0.15, 0.2) is 9.84 Å². The van der Waals surface area contributed by atoms with E-state index < -0.39 is 9.84 Å². The van der Waals surface area contributed by atoms with Gasteiger partial charge in [-0.1, -0.05) is 17.7 Å². The second-order valence-corrected chi connectivity index (χ2v) is 7.42. The predicted molar refractivity (Wildman–Crippen MR) is 77.5 cm³/mol. The largest absolute Gasteiger partial charge is 0.337 e. The molecule has 0 fully saturated rings. The Morgan fingerprint density at radius 1 is 1.32 bits per heavy atom. The van der Waals surface area contributed by atoms with Gasteiger partial charge < -0.3 is 4.98 Å². The van der Waals surface area contributed by atoms with Gasteiger partial charge in [-0.3, -0.25) is 0 Å². The Bertz CT molecular complexity index is 865. The molecule has 0 amide bonds. The number of halogens is 1. The molecule has 0 aliphatic rings. The zero-order chi connectivity index (χ0) is 13.6. The number of nitrogens with one attached hydrogen (secondary N) is 1. The second-order valence-electron chi connectivity index (χ2n) is 4.11. The molecule has 1 aromatic carbocycles. The van der Waals surface area contributed by atoms with Gasteiger partial charge >= 0.3 is 0 Å². The van der Waals surface area contributed by atoms with Gasteiger partial charge in [0.05, 0.1) is 20.3 Å². The summed E-state index contributed by atoms with van der Waals surface area (Å²) in [5.41, 5.74) is 1.13. The van der Waals surface area contributed by atoms with Crippen molar-refractivity contribution >= 4 is 43.8 Å². The van der Waals surface area contributed by atoms with Gasteiger partial charge in [-0.2, -0.15) is 0 Å². The molecule has 0 saturated carbocycles. The number of para-hydroxylation sites is 1. The summed E-state index contributed by atoms with van der Waals surface area (Å²) in [6.45, 7) is 0. The number of rotatable bonds is 2. The van der Waals surface area contributed by atoms with Crippen molar-refractivity contribution in [2.45, 2.75) is 4.90 Å². The maximum absolute atomic E-state index is 11.7. The first-order valence-electron chi connectivity index (χ1n) is 5.39. The molecule has 19 heavy (non-hydrogen) atoms. The van der Waals surface area contributed by atoms with E-state index in [2.05, 4.69) is 9.97 Å². The van der Waals surface area contributed by atoms with Crippen molar-refractivity contribution in [1.29, 1.82) is 0 Å². The van der Waals surface area contributed by atoms with Crippen molar-refractivity contribution in [3.63, 3.8) is 0 Å². The van der Waals surface area contributed by atoms with Gasteiger partial charge in [0, 0.05) is 6.26 Å². The predicted octanol–water partition coefficient (Wildman–Crippen LogP) is 3.35. The minimum Gasteiger partial charge on any atom is -0.337 e. The highest BCUT2D eigenvalue weighted by Gasteiger charge is 2.17. The standard InChI is InChI=1S/C12H9ClN2O2S2/c1-19(16,17)9-4-2-3-8-10(9)15-12(14-8)11-7(13)5-6-18-11/h2-6H,1H3,(H,14,15). The van der Waals surface area contributed by atoms with Crippen molar-refractivity contribution in [2.75, 3.05) is 6.26 Å². The molecule has 0 bridgehead atoms. The fraction of sp³-hybridized carbons (Fsp3) is 0.0833. The van der Waals surface area contributed by atoms with E-state index >= 15 is 0 Å². The Labute approximate surface area is 119 Å². The van der Waals surface area contributed by atoms with E-state index in [1.54, 1.807) is 24.3 Å². The van der Waals surface area contributed by atoms with Crippen LogP contribution in [0.1, 0.15) is 0 Å². The molecule has 0 radical (unpaired) electrons. The van der Waals surface area contributed by atoms with Crippen LogP contribution in [0.4, 0.5) is 0 Å². The first-order valence-corrected chi connectivity index (χ1v) is 8.54. The van der Waals surface area contributed by atoms with Crippen molar-refractivity contribution in [3.8, 4) is 10.7 Å². The first-order chi connectivity index (χ1) is 8.97. The topological polar surface area (TPSA) is 62.8 Å². The van der Waals surface area contributed by atoms with Crippen LogP contribution in [0.2, 0.25) is 5.02 Å². The van der Waals surface area contributed by atoms with Crippen molar-refractivity contribution in [1.82, 2.24) is 9.97 Å². The molecule has 98 valence electrons. The summed E-state index contributed by atoms with van der Waals surface area (Å²) >= 11 is 7.52. The number of hydrogen-bond acceptors (Lipinski definition) is 4. The zero-order valence-corrected chi connectivity index (χ0v) is 12.2. The first kappa shape index (κ1) is 12.7. The molecule has 2 aromatic heterocycles. The molecule has 0 aliphatic heterocycles. The Morgan fingerprint density at radius 2 is 2.11 bits per heavy atom. The smallest absolute Gasteiger partial charge is 0.177 e. The molecule has 4 nitrogen and oxygen atoms in total. The second kappa shape index (κ2) is 4.33. The van der Waals surface area contributed by atoms with Gasteiger partial charge in [-0.15, -0.1) is 11.3 Å². The third kappa shape index (κ3) is 2.16. The van der Waals surface area contributed by atoms with E-state index in [4.69, 9.17) is 11.6 Å². The van der Waals surface area contributed by atoms with Crippen LogP contribution in [0.25, 0.3) is 21.7 Å². The average molecular weight is 313 g/mol. The Morgan fingerprint density at radius 3 is 2.74 bits per heavy atom. The lowest BCUT2D eigenvalue weighted by Gasteiger charge is -1.97. The summed E-state index contributed by atoms with van der Waals surface area (Å²) in [7, 11) is -3.31. The Hall–Kier alpha value is -1.37. The minimum atomic E-state index is -3.31. The van der Waals surface area contributed by atoms with Crippen LogP contribution in [-0.2, 0) is 9.84 Å². The number of aromatic amines is 1. The molecule has 3 rings (SSSR count). The summed E-state index contributed by atoms with van der Waals surface area (Å²) in [6.07, 6.45) is 1.17. The molecule has 0 spiro atoms. The summed E-state index contributed by atoms with van der Waals surface area (Å²) in [4.78, 5) is 8.50. The molecule has 0 saturated heterocycles. The monoisotopic (exact) mass is 312 g/mol. The highest BCUT2D eigenvalue weighted by molar-refractivity contribution is 7.91. The molecule has 1 N–H and O–H groups in total. The average Bonchev–Trinajstić information content (AvgIpc) is 2.91. The van der Waals surface area contributed by atoms with E-state index in [1.807, 2.05) is 5.38 Å². The molecule has 0 unspecified atom stereocenters. The van der Waals surface area contributed by atoms with E-state index in [0.29, 0.717) is 21.9 Å². The van der Waals surface area contributed by atoms with Crippen LogP contribution in [0.5, 0.6) is 0 Å². The lowest BCUT2D eigenvalue weighted by atomic mass is 10.3. The summed E-state index contributed by atoms with van der Waals surface area (Å²) in [5.74, 6) is 0.589. The number of imidazole rings is 1. The fourth-order valence-corrected chi connectivity index (χ4v) is 3.80. The molecule has 0 atom stereocenters. The van der Waals surface area contributed by atoms with E-state index in [1.165, 1.54) is 17.6 Å². The molecule has 3 aromatic rings. The lowest BCUT2D eigenvalue weighted by molar-refractivity contribution is 0.602. The highest BCUT2D eigenvalue weighted by atomic mass is 35.5. The maximum atomic E-state index is 11.7. The van der Waals surface area contributed by atoms with Gasteiger partial charge in [0.2, 0.25) is 0 Å². The molecule has 2 heterocycles. The molecular weight excluding hydrogens is 304 g/mol. The van der Waals surface area contributed by atoms with Crippen molar-refractivity contribution in [3.05, 3.63) is 34.7 Å². The zero-order valence-electron chi connectivity index (χ0n) is 9.84. The minimum absolute atomic E-state index is 0.222. The van der Waals surface area contributed by atoms with Gasteiger partial charge in [-0.05, 0) is 23.6 Å². The maximum Gasteiger partial charge on any atom is 0.177 e. The van der Waals surface area contributed by atoms with Gasteiger partial charge in [0.25, 0.3) is 0 Å². The lowest BCUT2D eigenvalue weighted by Crippen LogP contribution is -1.97. The van der Waals surface area contributed by atoms with Gasteiger partial charge in [-0.25, -0.2) is 13.4 Å². The number of nitrogens with zero attached hydrogens (tertiary/aromatic N) is 1. The highest BCUT2D eigenvalue weighted by Crippen LogP contribution is 2.33. The van der Waals surface area contributed by atoms with Crippen molar-refractivity contribution in [2.24, 2.45) is 0 Å². The summed E-state index contributed by atoms with van der Waals surface area (Å²) < 4.78 is 23.5. The Balaban J connectivity index is 2.31. The van der Waals surface area contributed by atoms with E-state index in [9.17, 15) is 8.42 Å². The molecule has 0 aliphatic carbocycles.